The normalized spacial score (nSPS) is 24.8. The molecule has 0 aromatic heterocycles. The van der Waals surface area contributed by atoms with Crippen LogP contribution in [0.15, 0.2) is 24.3 Å². The van der Waals surface area contributed by atoms with Gasteiger partial charge < -0.3 is 4.90 Å². The van der Waals surface area contributed by atoms with Crippen molar-refractivity contribution in [2.24, 2.45) is 5.92 Å². The fourth-order valence-corrected chi connectivity index (χ4v) is 4.77. The van der Waals surface area contributed by atoms with Crippen molar-refractivity contribution in [3.63, 3.8) is 0 Å². The molecule has 29 heavy (non-hydrogen) atoms. The van der Waals surface area contributed by atoms with Crippen molar-refractivity contribution in [1.29, 1.82) is 0 Å². The van der Waals surface area contributed by atoms with Crippen molar-refractivity contribution < 1.29 is 18.8 Å². The topological polar surface area (TPSA) is 60.9 Å². The quantitative estimate of drug-likeness (QED) is 0.731. The lowest BCUT2D eigenvalue weighted by molar-refractivity contribution is -0.137. The first-order chi connectivity index (χ1) is 14.0. The number of halogens is 1. The van der Waals surface area contributed by atoms with Gasteiger partial charge >= 0.3 is 0 Å². The second-order valence-electron chi connectivity index (χ2n) is 8.31. The van der Waals surface area contributed by atoms with Gasteiger partial charge in [-0.05, 0) is 63.0 Å². The number of imide groups is 1. The van der Waals surface area contributed by atoms with E-state index in [1.54, 1.807) is 0 Å². The highest BCUT2D eigenvalue weighted by Gasteiger charge is 2.44. The average Bonchev–Trinajstić information content (AvgIpc) is 2.91. The lowest BCUT2D eigenvalue weighted by Crippen LogP contribution is -2.48. The number of benzene rings is 1. The first kappa shape index (κ1) is 20.0. The molecule has 1 atom stereocenters. The smallest absolute Gasteiger partial charge is 0.251 e. The molecule has 6 nitrogen and oxygen atoms in total. The van der Waals surface area contributed by atoms with Crippen LogP contribution in [0.4, 0.5) is 10.1 Å². The van der Waals surface area contributed by atoms with E-state index in [9.17, 15) is 18.8 Å². The number of nitrogens with zero attached hydrogens (tertiary/aromatic N) is 3. The third-order valence-electron chi connectivity index (χ3n) is 6.44. The Bertz CT molecular complexity index is 766. The predicted octanol–water partition coefficient (Wildman–Crippen LogP) is 2.57. The molecule has 0 saturated carbocycles. The monoisotopic (exact) mass is 401 g/mol. The second-order valence-corrected chi connectivity index (χ2v) is 8.31. The predicted molar refractivity (Wildman–Crippen MR) is 107 cm³/mol. The lowest BCUT2D eigenvalue weighted by Gasteiger charge is -2.36. The van der Waals surface area contributed by atoms with E-state index in [1.165, 1.54) is 42.0 Å². The zero-order valence-corrected chi connectivity index (χ0v) is 16.7. The zero-order chi connectivity index (χ0) is 20.4. The minimum Gasteiger partial charge on any atom is -0.342 e. The molecule has 3 heterocycles. The highest BCUT2D eigenvalue weighted by Crippen LogP contribution is 2.29. The van der Waals surface area contributed by atoms with E-state index >= 15 is 0 Å². The number of hydrogen-bond donors (Lipinski definition) is 0. The van der Waals surface area contributed by atoms with Crippen LogP contribution in [0.1, 0.15) is 44.9 Å². The van der Waals surface area contributed by atoms with Crippen LogP contribution in [0.2, 0.25) is 0 Å². The van der Waals surface area contributed by atoms with Crippen molar-refractivity contribution in [3.8, 4) is 0 Å². The number of rotatable bonds is 3. The maximum Gasteiger partial charge on any atom is 0.251 e. The van der Waals surface area contributed by atoms with Gasteiger partial charge in [0.1, 0.15) is 5.82 Å². The Morgan fingerprint density at radius 2 is 1.52 bits per heavy atom. The zero-order valence-electron chi connectivity index (χ0n) is 16.7. The molecule has 1 aromatic carbocycles. The van der Waals surface area contributed by atoms with Gasteiger partial charge in [-0.25, -0.2) is 9.29 Å². The van der Waals surface area contributed by atoms with Gasteiger partial charge in [0.15, 0.2) is 0 Å². The average molecular weight is 401 g/mol. The third kappa shape index (κ3) is 4.20. The maximum atomic E-state index is 13.2. The summed E-state index contributed by atoms with van der Waals surface area (Å²) in [7, 11) is 0. The van der Waals surface area contributed by atoms with Gasteiger partial charge in [0.2, 0.25) is 11.8 Å². The summed E-state index contributed by atoms with van der Waals surface area (Å²) in [5.41, 5.74) is 0.412. The molecule has 1 aromatic rings. The molecule has 3 aliphatic rings. The van der Waals surface area contributed by atoms with Crippen LogP contribution in [-0.4, -0.2) is 59.7 Å². The van der Waals surface area contributed by atoms with Crippen molar-refractivity contribution in [2.75, 3.05) is 31.1 Å². The number of likely N-dealkylation sites (tertiary alicyclic amines) is 2. The van der Waals surface area contributed by atoms with Gasteiger partial charge in [-0.3, -0.25) is 19.3 Å². The summed E-state index contributed by atoms with van der Waals surface area (Å²) in [4.78, 5) is 43.4. The van der Waals surface area contributed by atoms with Crippen LogP contribution in [0.25, 0.3) is 0 Å². The van der Waals surface area contributed by atoms with Gasteiger partial charge in [-0.15, -0.1) is 0 Å². The van der Waals surface area contributed by atoms with Gasteiger partial charge in [0.05, 0.1) is 18.2 Å². The summed E-state index contributed by atoms with van der Waals surface area (Å²) in [6.45, 7) is 3.01. The molecule has 3 saturated heterocycles. The van der Waals surface area contributed by atoms with E-state index < -0.39 is 11.9 Å². The molecule has 0 aliphatic carbocycles. The largest absolute Gasteiger partial charge is 0.342 e. The van der Waals surface area contributed by atoms with Crippen LogP contribution < -0.4 is 4.90 Å². The molecule has 3 aliphatic heterocycles. The standard InChI is InChI=1S/C22H28FN3O3/c23-17-5-7-18(8-6-17)26-20(27)15-19(22(26)29)24-13-9-16(10-14-24)21(28)25-11-3-1-2-4-12-25/h5-8,16,19H,1-4,9-15H2/t19-/m1/s1. The fourth-order valence-electron chi connectivity index (χ4n) is 4.77. The molecule has 4 rings (SSSR count). The molecule has 156 valence electrons. The summed E-state index contributed by atoms with van der Waals surface area (Å²) in [6, 6.07) is 4.94. The maximum absolute atomic E-state index is 13.2. The Kier molecular flexibility index (Phi) is 5.94. The highest BCUT2D eigenvalue weighted by molar-refractivity contribution is 6.22. The number of carbonyl (C=O) groups is 3. The van der Waals surface area contributed by atoms with Crippen molar-refractivity contribution in [2.45, 2.75) is 51.0 Å². The number of piperidine rings is 1. The second kappa shape index (κ2) is 8.61. The highest BCUT2D eigenvalue weighted by atomic mass is 19.1. The summed E-state index contributed by atoms with van der Waals surface area (Å²) in [5, 5.41) is 0. The van der Waals surface area contributed by atoms with E-state index in [4.69, 9.17) is 0 Å². The van der Waals surface area contributed by atoms with E-state index in [1.807, 2.05) is 9.80 Å². The molecular formula is C22H28FN3O3. The van der Waals surface area contributed by atoms with Crippen molar-refractivity contribution in [3.05, 3.63) is 30.1 Å². The Morgan fingerprint density at radius 3 is 2.14 bits per heavy atom. The third-order valence-corrected chi connectivity index (χ3v) is 6.44. The summed E-state index contributed by atoms with van der Waals surface area (Å²) >= 11 is 0. The Hall–Kier alpha value is -2.28. The molecule has 3 amide bonds. The van der Waals surface area contributed by atoms with Crippen molar-refractivity contribution >= 4 is 23.4 Å². The molecule has 0 radical (unpaired) electrons. The van der Waals surface area contributed by atoms with Gasteiger partial charge in [0, 0.05) is 19.0 Å². The minimum absolute atomic E-state index is 0.0183. The first-order valence-electron chi connectivity index (χ1n) is 10.7. The first-order valence-corrected chi connectivity index (χ1v) is 10.7. The number of carbonyl (C=O) groups excluding carboxylic acids is 3. The van der Waals surface area contributed by atoms with E-state index in [0.717, 1.165) is 38.8 Å². The molecule has 0 N–H and O–H groups in total. The van der Waals surface area contributed by atoms with Gasteiger partial charge in [-0.2, -0.15) is 0 Å². The van der Waals surface area contributed by atoms with Crippen molar-refractivity contribution in [1.82, 2.24) is 9.80 Å². The van der Waals surface area contributed by atoms with Crippen LogP contribution in [0, 0.1) is 11.7 Å². The van der Waals surface area contributed by atoms with E-state index in [2.05, 4.69) is 0 Å². The minimum atomic E-state index is -0.484. The summed E-state index contributed by atoms with van der Waals surface area (Å²) in [5.74, 6) is -0.633. The molecule has 0 spiro atoms. The van der Waals surface area contributed by atoms with Crippen LogP contribution in [0.3, 0.4) is 0 Å². The Labute approximate surface area is 170 Å². The molecule has 0 bridgehead atoms. The number of hydrogen-bond acceptors (Lipinski definition) is 4. The SMILES string of the molecule is O=C(C1CCN([C@@H]2CC(=O)N(c3ccc(F)cc3)C2=O)CC1)N1CCCCCC1. The Balaban J connectivity index is 1.36. The summed E-state index contributed by atoms with van der Waals surface area (Å²) < 4.78 is 13.2. The van der Waals surface area contributed by atoms with Gasteiger partial charge in [-0.1, -0.05) is 12.8 Å². The van der Waals surface area contributed by atoms with Crippen LogP contribution >= 0.6 is 0 Å². The number of amides is 3. The summed E-state index contributed by atoms with van der Waals surface area (Å²) in [6.07, 6.45) is 6.16. The van der Waals surface area contributed by atoms with Crippen LogP contribution in [0.5, 0.6) is 0 Å². The fraction of sp³-hybridized carbons (Fsp3) is 0.591. The lowest BCUT2D eigenvalue weighted by atomic mass is 9.94. The molecule has 7 heteroatoms. The van der Waals surface area contributed by atoms with Crippen LogP contribution in [-0.2, 0) is 14.4 Å². The molecule has 3 fully saturated rings. The molecular weight excluding hydrogens is 373 g/mol. The van der Waals surface area contributed by atoms with Gasteiger partial charge in [0.25, 0.3) is 5.91 Å². The Morgan fingerprint density at radius 1 is 0.897 bits per heavy atom. The number of anilines is 1. The molecule has 0 unspecified atom stereocenters. The van der Waals surface area contributed by atoms with E-state index in [0.29, 0.717) is 18.8 Å². The van der Waals surface area contributed by atoms with E-state index in [-0.39, 0.29) is 30.1 Å².